The van der Waals surface area contributed by atoms with Crippen molar-refractivity contribution < 1.29 is 106 Å². The maximum absolute atomic E-state index is 13.4. The fourth-order valence-electron chi connectivity index (χ4n) is 18.5. The lowest BCUT2D eigenvalue weighted by Crippen LogP contribution is -2.55. The second-order valence-corrected chi connectivity index (χ2v) is 41.3. The summed E-state index contributed by atoms with van der Waals surface area (Å²) in [6, 6.07) is 34.8. The first-order valence-corrected chi connectivity index (χ1v) is 53.2. The quantitative estimate of drug-likeness (QED) is 0.0182. The number of hydrogen-bond acceptors (Lipinski definition) is 13. The van der Waals surface area contributed by atoms with Crippen molar-refractivity contribution in [3.8, 4) is 5.75 Å². The Bertz CT molecular complexity index is 5490. The average molecular weight is 2180 g/mol. The highest BCUT2D eigenvalue weighted by molar-refractivity contribution is 7.10. The molecule has 5 aliphatic rings. The van der Waals surface area contributed by atoms with E-state index in [4.69, 9.17) is 58.0 Å². The van der Waals surface area contributed by atoms with E-state index < -0.39 is 130 Å². The minimum absolute atomic E-state index is 0.0120. The summed E-state index contributed by atoms with van der Waals surface area (Å²) in [6.07, 6.45) is 6.91. The van der Waals surface area contributed by atoms with Crippen LogP contribution in [0.2, 0.25) is 0 Å². The van der Waals surface area contributed by atoms with Gasteiger partial charge < -0.3 is 31.7 Å². The molecule has 146 heavy (non-hydrogen) atoms. The topological polar surface area (TPSA) is 267 Å². The molecule has 5 unspecified atom stereocenters. The summed E-state index contributed by atoms with van der Waals surface area (Å²) >= 11 is 31.7. The van der Waals surface area contributed by atoms with Crippen molar-refractivity contribution in [1.82, 2.24) is 26.6 Å². The third-order valence-corrected chi connectivity index (χ3v) is 28.5. The van der Waals surface area contributed by atoms with Gasteiger partial charge in [-0.15, -0.1) is 80.7 Å². The average Bonchev–Trinajstić information content (AvgIpc) is 1.48. The molecule has 5 aliphatic carbocycles. The fourth-order valence-corrected chi connectivity index (χ4v) is 20.7. The molecule has 8 aromatic rings. The van der Waals surface area contributed by atoms with Crippen LogP contribution in [0.15, 0.2) is 187 Å². The maximum Gasteiger partial charge on any atom is 0.416 e. The molecule has 0 aliphatic heterocycles. The number of amides is 10. The molecule has 5 saturated carbocycles. The molecule has 0 bridgehead atoms. The number of thiophene rings is 2. The molecular weight excluding hydrogens is 2060 g/mol. The number of phenolic OH excluding ortho intramolecular Hbond substituents is 1. The fraction of sp³-hybridized carbons (Fsp3) is 0.491. The van der Waals surface area contributed by atoms with E-state index in [-0.39, 0.29) is 112 Å². The standard InChI is InChI=1S/C23H24ClF3N2O2.C22H30ClF3N2O2.C21H22ClF3N2O2S.C20H26ClF3N2O2.C20H23ClN2O3S/c24-15-20(30)29(19-13-7-10-17(14-19)23(25,26)27)21(16-8-3-1-4-9-16)22(31)28-18-11-5-2-6-12-18;1-21(2,3)13-18(20(30)27-16-9-5-4-6-10-16)28(19(29)14-23)17-11-7-8-15(12-17)22(24,25)26;22-13-18(28)27(16-10-8-14(9-11-16)21(23,24)25)19(17-7-4-12-30-17)20(29)26-15-5-2-1-3-6-15;1-13(2)18(19(28)25-15-8-4-3-5-9-15)26(17(27)12-21)16-10-6-7-14(11-16)20(22,23)24;21-13-18(25)23(15-8-10-16(24)11-9-15)19(17-7-4-12-27-17)20(26)22-14-5-2-1-3-6-14/h1,3-4,7-10,13-14,18,21H,2,5-6,11-12,15H2,(H,28,31);7-8,11-12,16,18H,4-6,9-10,13-14H2,1-3H3,(H,27,30);4,7-12,15,19H,1-3,5-6,13H2,(H,26,29);6-7,10-11,13,15,18H,3-5,8-9,12H2,1-2H3,(H,25,28);4,7-12,14,19,24H,1-3,5-6,13H2,(H,22,26). The number of hydrogen-bond donors (Lipinski definition) is 6. The first-order chi connectivity index (χ1) is 69.3. The summed E-state index contributed by atoms with van der Waals surface area (Å²) in [5.74, 6) is -6.72. The van der Waals surface area contributed by atoms with Crippen LogP contribution in [0.25, 0.3) is 0 Å². The molecule has 13 rings (SSSR count). The zero-order valence-electron chi connectivity index (χ0n) is 81.7. The number of phenols is 1. The van der Waals surface area contributed by atoms with Crippen LogP contribution in [-0.2, 0) is 72.7 Å². The van der Waals surface area contributed by atoms with Crippen LogP contribution < -0.4 is 51.1 Å². The molecule has 5 fully saturated rings. The SMILES string of the molecule is CC(C)(C)CC(C(=O)NC1CCCCC1)N(C(=O)CCl)c1cccc(C(F)(F)F)c1.CC(C)C(C(=O)NC1CCCCC1)N(C(=O)CCl)c1cccc(C(F)(F)F)c1.O=C(NC1CCCCC1)C(c1ccccc1)N(C(=O)CCl)c1cccc(C(F)(F)F)c1.O=C(NC1CCCCC1)C(c1cccs1)N(C(=O)CCl)c1ccc(C(F)(F)F)cc1.O=C(NC1CCCCC1)C(c1cccs1)N(C(=O)CCl)c1ccc(O)cc1. The van der Waals surface area contributed by atoms with Crippen molar-refractivity contribution in [3.05, 3.63) is 224 Å². The second kappa shape index (κ2) is 57.0. The number of alkyl halides is 17. The Balaban J connectivity index is 0.000000203. The van der Waals surface area contributed by atoms with Crippen LogP contribution in [-0.4, -0.2) is 136 Å². The highest BCUT2D eigenvalue weighted by Gasteiger charge is 2.44. The molecule has 2 aromatic heterocycles. The number of carbonyl (C=O) groups is 10. The van der Waals surface area contributed by atoms with Crippen molar-refractivity contribution in [2.24, 2.45) is 11.3 Å². The number of nitrogens with one attached hydrogen (secondary N) is 5. The Kier molecular flexibility index (Phi) is 46.6. The zero-order chi connectivity index (χ0) is 107. The normalized spacial score (nSPS) is 16.3. The molecule has 0 radical (unpaired) electrons. The maximum atomic E-state index is 13.4. The number of benzene rings is 6. The van der Waals surface area contributed by atoms with Crippen LogP contribution in [0.4, 0.5) is 81.1 Å². The Morgan fingerprint density at radius 3 is 0.918 bits per heavy atom. The van der Waals surface area contributed by atoms with Gasteiger partial charge in [0.1, 0.15) is 65.4 Å². The summed E-state index contributed by atoms with van der Waals surface area (Å²) in [5, 5.41) is 28.4. The lowest BCUT2D eigenvalue weighted by atomic mass is 9.86. The summed E-state index contributed by atoms with van der Waals surface area (Å²) in [7, 11) is 0. The van der Waals surface area contributed by atoms with Gasteiger partial charge in [0.15, 0.2) is 0 Å². The van der Waals surface area contributed by atoms with E-state index in [1.54, 1.807) is 73.8 Å². The third-order valence-electron chi connectivity index (χ3n) is 25.5. The summed E-state index contributed by atoms with van der Waals surface area (Å²) in [4.78, 5) is 137. The zero-order valence-corrected chi connectivity index (χ0v) is 87.1. The molecule has 40 heteroatoms. The summed E-state index contributed by atoms with van der Waals surface area (Å²) in [5.41, 5.74) is -2.65. The molecule has 0 spiro atoms. The second-order valence-electron chi connectivity index (χ2n) is 38.0. The van der Waals surface area contributed by atoms with Gasteiger partial charge in [-0.05, 0) is 214 Å². The minimum Gasteiger partial charge on any atom is -0.508 e. The molecule has 6 aromatic carbocycles. The lowest BCUT2D eigenvalue weighted by molar-refractivity contribution is -0.138. The van der Waals surface area contributed by atoms with E-state index in [0.717, 1.165) is 222 Å². The summed E-state index contributed by atoms with van der Waals surface area (Å²) in [6.45, 7) is 9.27. The van der Waals surface area contributed by atoms with E-state index in [9.17, 15) is 106 Å². The summed E-state index contributed by atoms with van der Waals surface area (Å²) < 4.78 is 158. The first kappa shape index (κ1) is 119. The Labute approximate surface area is 876 Å². The van der Waals surface area contributed by atoms with Crippen molar-refractivity contribution in [1.29, 1.82) is 0 Å². The molecule has 2 heterocycles. The molecule has 796 valence electrons. The highest BCUT2D eigenvalue weighted by atomic mass is 35.5. The molecule has 21 nitrogen and oxygen atoms in total. The smallest absolute Gasteiger partial charge is 0.416 e. The van der Waals surface area contributed by atoms with Gasteiger partial charge in [0, 0.05) is 68.4 Å². The van der Waals surface area contributed by atoms with E-state index in [0.29, 0.717) is 16.1 Å². The van der Waals surface area contributed by atoms with Crippen LogP contribution in [0, 0.1) is 11.3 Å². The Morgan fingerprint density at radius 1 is 0.322 bits per heavy atom. The lowest BCUT2D eigenvalue weighted by Gasteiger charge is -2.36. The number of rotatable bonds is 30. The van der Waals surface area contributed by atoms with Gasteiger partial charge >= 0.3 is 24.7 Å². The predicted octanol–water partition coefficient (Wildman–Crippen LogP) is 25.5. The molecule has 0 saturated heterocycles. The van der Waals surface area contributed by atoms with E-state index >= 15 is 0 Å². The molecular formula is C106H125Cl5F12N10O11S2. The minimum atomic E-state index is -4.59. The largest absolute Gasteiger partial charge is 0.508 e. The van der Waals surface area contributed by atoms with Crippen molar-refractivity contribution in [2.45, 2.75) is 287 Å². The molecule has 10 amide bonds. The number of anilines is 5. The van der Waals surface area contributed by atoms with Gasteiger partial charge in [0.2, 0.25) is 59.1 Å². The first-order valence-electron chi connectivity index (χ1n) is 48.8. The van der Waals surface area contributed by atoms with E-state index in [1.165, 1.54) is 99.6 Å². The monoisotopic (exact) mass is 2180 g/mol. The number of aromatic hydroxyl groups is 1. The van der Waals surface area contributed by atoms with Gasteiger partial charge in [-0.25, -0.2) is 0 Å². The number of nitrogens with zero attached hydrogens (tertiary/aromatic N) is 5. The third kappa shape index (κ3) is 35.8. The van der Waals surface area contributed by atoms with Crippen LogP contribution in [0.1, 0.15) is 257 Å². The number of halogens is 17. The predicted molar refractivity (Wildman–Crippen MR) is 550 cm³/mol. The highest BCUT2D eigenvalue weighted by Crippen LogP contribution is 2.43. The van der Waals surface area contributed by atoms with Gasteiger partial charge in [0.05, 0.1) is 22.3 Å². The van der Waals surface area contributed by atoms with Crippen molar-refractivity contribution in [2.75, 3.05) is 53.9 Å². The van der Waals surface area contributed by atoms with E-state index in [1.807, 2.05) is 38.3 Å². The van der Waals surface area contributed by atoms with Crippen LogP contribution in [0.3, 0.4) is 0 Å². The molecule has 6 N–H and O–H groups in total. The van der Waals surface area contributed by atoms with Gasteiger partial charge in [-0.1, -0.05) is 192 Å². The van der Waals surface area contributed by atoms with Crippen LogP contribution in [0.5, 0.6) is 5.75 Å². The number of carbonyl (C=O) groups excluding carboxylic acids is 10. The van der Waals surface area contributed by atoms with Gasteiger partial charge in [-0.3, -0.25) is 72.4 Å². The molecule has 5 atom stereocenters. The Morgan fingerprint density at radius 2 is 0.610 bits per heavy atom. The van der Waals surface area contributed by atoms with Crippen molar-refractivity contribution in [3.63, 3.8) is 0 Å². The van der Waals surface area contributed by atoms with Crippen molar-refractivity contribution >= 4 is 168 Å². The van der Waals surface area contributed by atoms with Gasteiger partial charge in [0.25, 0.3) is 0 Å². The van der Waals surface area contributed by atoms with Gasteiger partial charge in [-0.2, -0.15) is 52.7 Å². The van der Waals surface area contributed by atoms with Crippen LogP contribution >= 0.6 is 80.7 Å². The Hall–Kier alpha value is -10.2. The van der Waals surface area contributed by atoms with E-state index in [2.05, 4.69) is 26.6 Å².